The van der Waals surface area contributed by atoms with Gasteiger partial charge < -0.3 is 20.3 Å². The van der Waals surface area contributed by atoms with Gasteiger partial charge in [0.05, 0.1) is 5.56 Å². The van der Waals surface area contributed by atoms with E-state index >= 15 is 0 Å². The minimum absolute atomic E-state index is 0.00947. The van der Waals surface area contributed by atoms with E-state index in [1.807, 2.05) is 31.2 Å². The minimum Gasteiger partial charge on any atom is -0.507 e. The van der Waals surface area contributed by atoms with E-state index in [1.54, 1.807) is 30.5 Å². The predicted octanol–water partition coefficient (Wildman–Crippen LogP) is 4.90. The van der Waals surface area contributed by atoms with Crippen LogP contribution in [0.1, 0.15) is 41.8 Å². The fraction of sp³-hybridized carbons (Fsp3) is 0.217. The van der Waals surface area contributed by atoms with Crippen molar-refractivity contribution in [2.24, 2.45) is 0 Å². The number of aromatic hydroxyl groups is 1. The number of Topliss-reactive ketones (excluding diaryl/α,β-unsaturated/α-hetero) is 1. The maximum absolute atomic E-state index is 11.7. The van der Waals surface area contributed by atoms with Crippen molar-refractivity contribution < 1.29 is 19.4 Å². The molecule has 1 heterocycles. The first-order valence-corrected chi connectivity index (χ1v) is 9.44. The zero-order valence-corrected chi connectivity index (χ0v) is 16.5. The second-order valence-corrected chi connectivity index (χ2v) is 6.71. The standard InChI is InChI=1S/C23H24N2O4/c1-3-4-20-21(10-9-19(15(2)26)23(20)27)28-14-16-5-7-18(8-6-16)29-22-13-17(24)11-12-25-22/h5-13,27H,3-4,14H2,1-2H3,(H2,24,25). The van der Waals surface area contributed by atoms with Gasteiger partial charge in [0.2, 0.25) is 5.88 Å². The molecule has 0 saturated carbocycles. The Balaban J connectivity index is 1.70. The van der Waals surface area contributed by atoms with Gasteiger partial charge in [-0.15, -0.1) is 0 Å². The Morgan fingerprint density at radius 1 is 1.14 bits per heavy atom. The zero-order valence-electron chi connectivity index (χ0n) is 16.5. The lowest BCUT2D eigenvalue weighted by Gasteiger charge is -2.15. The van der Waals surface area contributed by atoms with Crippen LogP contribution in [0, 0.1) is 0 Å². The Bertz CT molecular complexity index is 1000. The molecule has 150 valence electrons. The maximum Gasteiger partial charge on any atom is 0.221 e. The van der Waals surface area contributed by atoms with Crippen LogP contribution in [0.3, 0.4) is 0 Å². The van der Waals surface area contributed by atoms with E-state index in [0.29, 0.717) is 47.2 Å². The Hall–Kier alpha value is -3.54. The van der Waals surface area contributed by atoms with E-state index in [-0.39, 0.29) is 11.5 Å². The fourth-order valence-corrected chi connectivity index (χ4v) is 2.94. The summed E-state index contributed by atoms with van der Waals surface area (Å²) < 4.78 is 11.6. The lowest BCUT2D eigenvalue weighted by atomic mass is 10.0. The summed E-state index contributed by atoms with van der Waals surface area (Å²) in [6.45, 7) is 3.78. The van der Waals surface area contributed by atoms with E-state index < -0.39 is 0 Å². The molecule has 6 nitrogen and oxygen atoms in total. The third-order valence-electron chi connectivity index (χ3n) is 4.42. The van der Waals surface area contributed by atoms with Gasteiger partial charge in [0.25, 0.3) is 0 Å². The van der Waals surface area contributed by atoms with Crippen molar-refractivity contribution in [3.63, 3.8) is 0 Å². The molecular weight excluding hydrogens is 368 g/mol. The summed E-state index contributed by atoms with van der Waals surface area (Å²) in [5.74, 6) is 1.49. The number of rotatable bonds is 8. The molecule has 3 N–H and O–H groups in total. The summed E-state index contributed by atoms with van der Waals surface area (Å²) >= 11 is 0. The highest BCUT2D eigenvalue weighted by Crippen LogP contribution is 2.33. The van der Waals surface area contributed by atoms with Crippen LogP contribution in [0.4, 0.5) is 5.69 Å². The molecule has 0 fully saturated rings. The summed E-state index contributed by atoms with van der Waals surface area (Å²) in [6, 6.07) is 14.1. The first-order chi connectivity index (χ1) is 14.0. The number of pyridine rings is 1. The maximum atomic E-state index is 11.7. The molecule has 2 aromatic carbocycles. The summed E-state index contributed by atoms with van der Waals surface area (Å²) in [5.41, 5.74) is 8.23. The van der Waals surface area contributed by atoms with E-state index in [0.717, 1.165) is 12.0 Å². The van der Waals surface area contributed by atoms with Crippen molar-refractivity contribution in [3.8, 4) is 23.1 Å². The van der Waals surface area contributed by atoms with Gasteiger partial charge in [-0.25, -0.2) is 4.98 Å². The number of carbonyl (C=O) groups excluding carboxylic acids is 1. The molecule has 0 aliphatic carbocycles. The van der Waals surface area contributed by atoms with Crippen LogP contribution in [-0.2, 0) is 13.0 Å². The van der Waals surface area contributed by atoms with E-state index in [1.165, 1.54) is 6.92 Å². The van der Waals surface area contributed by atoms with Crippen LogP contribution >= 0.6 is 0 Å². The van der Waals surface area contributed by atoms with Crippen molar-refractivity contribution >= 4 is 11.5 Å². The van der Waals surface area contributed by atoms with Gasteiger partial charge in [0.15, 0.2) is 5.78 Å². The summed E-state index contributed by atoms with van der Waals surface area (Å²) in [7, 11) is 0. The van der Waals surface area contributed by atoms with Crippen LogP contribution in [0.15, 0.2) is 54.7 Å². The van der Waals surface area contributed by atoms with Crippen LogP contribution in [-0.4, -0.2) is 15.9 Å². The van der Waals surface area contributed by atoms with Crippen LogP contribution in [0.2, 0.25) is 0 Å². The molecule has 0 aliphatic rings. The molecule has 1 aromatic heterocycles. The summed E-state index contributed by atoms with van der Waals surface area (Å²) in [5, 5.41) is 10.4. The van der Waals surface area contributed by atoms with Crippen LogP contribution in [0.25, 0.3) is 0 Å². The van der Waals surface area contributed by atoms with E-state index in [9.17, 15) is 9.90 Å². The molecule has 0 unspecified atom stereocenters. The molecular formula is C23H24N2O4. The van der Waals surface area contributed by atoms with Gasteiger partial charge >= 0.3 is 0 Å². The Morgan fingerprint density at radius 2 is 1.90 bits per heavy atom. The number of nitrogens with zero attached hydrogens (tertiary/aromatic N) is 1. The van der Waals surface area contributed by atoms with E-state index in [4.69, 9.17) is 15.2 Å². The topological polar surface area (TPSA) is 94.7 Å². The number of carbonyl (C=O) groups is 1. The van der Waals surface area contributed by atoms with Gasteiger partial charge in [-0.2, -0.15) is 0 Å². The largest absolute Gasteiger partial charge is 0.507 e. The van der Waals surface area contributed by atoms with Crippen molar-refractivity contribution in [2.45, 2.75) is 33.3 Å². The minimum atomic E-state index is -0.170. The summed E-state index contributed by atoms with van der Waals surface area (Å²) in [4.78, 5) is 15.8. The molecule has 6 heteroatoms. The molecule has 29 heavy (non-hydrogen) atoms. The molecule has 0 aliphatic heterocycles. The third kappa shape index (κ3) is 5.04. The summed E-state index contributed by atoms with van der Waals surface area (Å²) in [6.07, 6.45) is 3.05. The number of hydrogen-bond acceptors (Lipinski definition) is 6. The number of ether oxygens (including phenoxy) is 2. The van der Waals surface area contributed by atoms with E-state index in [2.05, 4.69) is 4.98 Å². The number of hydrogen-bond donors (Lipinski definition) is 2. The number of phenols is 1. The normalized spacial score (nSPS) is 10.6. The zero-order chi connectivity index (χ0) is 20.8. The lowest BCUT2D eigenvalue weighted by molar-refractivity contribution is 0.101. The van der Waals surface area contributed by atoms with Crippen molar-refractivity contribution in [2.75, 3.05) is 5.73 Å². The third-order valence-corrected chi connectivity index (χ3v) is 4.42. The van der Waals surface area contributed by atoms with Gasteiger partial charge in [-0.1, -0.05) is 25.5 Å². The first-order valence-electron chi connectivity index (χ1n) is 9.44. The molecule has 0 radical (unpaired) electrons. The Kier molecular flexibility index (Phi) is 6.34. The van der Waals surface area contributed by atoms with Gasteiger partial charge in [0, 0.05) is 23.5 Å². The molecule has 0 saturated heterocycles. The van der Waals surface area contributed by atoms with Crippen LogP contribution in [0.5, 0.6) is 23.1 Å². The SMILES string of the molecule is CCCc1c(OCc2ccc(Oc3cc(N)ccn3)cc2)ccc(C(C)=O)c1O. The Morgan fingerprint density at radius 3 is 2.55 bits per heavy atom. The number of aromatic nitrogens is 1. The van der Waals surface area contributed by atoms with Gasteiger partial charge in [-0.3, -0.25) is 4.79 Å². The van der Waals surface area contributed by atoms with Crippen molar-refractivity contribution in [3.05, 3.63) is 71.4 Å². The quantitative estimate of drug-likeness (QED) is 0.530. The van der Waals surface area contributed by atoms with Crippen LogP contribution < -0.4 is 15.2 Å². The highest BCUT2D eigenvalue weighted by molar-refractivity contribution is 5.97. The number of benzene rings is 2. The average Bonchev–Trinajstić information content (AvgIpc) is 2.69. The number of ketones is 1. The van der Waals surface area contributed by atoms with Crippen molar-refractivity contribution in [1.29, 1.82) is 0 Å². The highest BCUT2D eigenvalue weighted by atomic mass is 16.5. The van der Waals surface area contributed by atoms with Gasteiger partial charge in [-0.05, 0) is 49.2 Å². The number of phenolic OH excluding ortho intramolecular Hbond substituents is 1. The number of anilines is 1. The Labute approximate surface area is 169 Å². The smallest absolute Gasteiger partial charge is 0.221 e. The molecule has 0 bridgehead atoms. The number of nitrogen functional groups attached to an aromatic ring is 1. The molecule has 0 atom stereocenters. The molecule has 3 rings (SSSR count). The number of nitrogens with two attached hydrogens (primary N) is 1. The fourth-order valence-electron chi connectivity index (χ4n) is 2.94. The van der Waals surface area contributed by atoms with Gasteiger partial charge in [0.1, 0.15) is 23.9 Å². The van der Waals surface area contributed by atoms with Crippen molar-refractivity contribution in [1.82, 2.24) is 4.98 Å². The first kappa shape index (κ1) is 20.2. The molecule has 3 aromatic rings. The second kappa shape index (κ2) is 9.10. The monoisotopic (exact) mass is 392 g/mol. The average molecular weight is 392 g/mol. The lowest BCUT2D eigenvalue weighted by Crippen LogP contribution is -2.02. The predicted molar refractivity (Wildman–Crippen MR) is 112 cm³/mol. The molecule has 0 amide bonds. The highest BCUT2D eigenvalue weighted by Gasteiger charge is 2.16. The molecule has 0 spiro atoms. The second-order valence-electron chi connectivity index (χ2n) is 6.71.